The lowest BCUT2D eigenvalue weighted by Crippen LogP contribution is -2.43. The van der Waals surface area contributed by atoms with Crippen LogP contribution in [-0.2, 0) is 4.79 Å². The fraction of sp³-hybridized carbons (Fsp3) is 0.727. The quantitative estimate of drug-likeness (QED) is 0.831. The van der Waals surface area contributed by atoms with E-state index >= 15 is 0 Å². The molecule has 1 aromatic rings. The monoisotopic (exact) mass is 268 g/mol. The fourth-order valence-electron chi connectivity index (χ4n) is 2.12. The number of aromatic nitrogens is 2. The number of rotatable bonds is 2. The van der Waals surface area contributed by atoms with Crippen molar-refractivity contribution < 1.29 is 9.90 Å². The van der Waals surface area contributed by atoms with Crippen LogP contribution in [-0.4, -0.2) is 33.2 Å². The molecule has 0 amide bonds. The summed E-state index contributed by atoms with van der Waals surface area (Å²) < 4.78 is 0. The Hall–Kier alpha value is -1.21. The smallest absolute Gasteiger partial charge is 0.251 e. The highest BCUT2D eigenvalue weighted by atomic mass is 32.1. The Morgan fingerprint density at radius 1 is 1.44 bits per heavy atom. The molecular formula is C11H16N4O2S. The molecule has 1 aliphatic carbocycles. The van der Waals surface area contributed by atoms with Crippen LogP contribution in [0.2, 0.25) is 0 Å². The Labute approximate surface area is 109 Å². The van der Waals surface area contributed by atoms with Crippen LogP contribution in [0.5, 0.6) is 0 Å². The van der Waals surface area contributed by atoms with Crippen LogP contribution in [0.1, 0.15) is 31.7 Å². The molecular weight excluding hydrogens is 252 g/mol. The molecule has 0 saturated heterocycles. The van der Waals surface area contributed by atoms with Gasteiger partial charge >= 0.3 is 0 Å². The average molecular weight is 268 g/mol. The number of carbonyl (C=O) groups is 1. The van der Waals surface area contributed by atoms with Gasteiger partial charge in [0.2, 0.25) is 0 Å². The molecule has 0 spiro atoms. The molecule has 2 rings (SSSR count). The first-order valence-electron chi connectivity index (χ1n) is 5.79. The summed E-state index contributed by atoms with van der Waals surface area (Å²) >= 11 is 1.30. The number of aryl methyl sites for hydroxylation is 1. The third-order valence-electron chi connectivity index (χ3n) is 2.89. The molecule has 1 aromatic heterocycles. The van der Waals surface area contributed by atoms with Gasteiger partial charge in [-0.15, -0.1) is 15.3 Å². The first kappa shape index (κ1) is 13.2. The molecule has 2 unspecified atom stereocenters. The molecule has 2 atom stereocenters. The van der Waals surface area contributed by atoms with Crippen LogP contribution in [0.25, 0.3) is 0 Å². The van der Waals surface area contributed by atoms with Crippen molar-refractivity contribution in [2.24, 2.45) is 15.6 Å². The summed E-state index contributed by atoms with van der Waals surface area (Å²) in [4.78, 5) is 11.9. The van der Waals surface area contributed by atoms with Gasteiger partial charge in [0.05, 0.1) is 6.10 Å². The number of hydrogen-bond donors (Lipinski definition) is 1. The van der Waals surface area contributed by atoms with Crippen molar-refractivity contribution in [3.8, 4) is 0 Å². The summed E-state index contributed by atoms with van der Waals surface area (Å²) in [5.41, 5.74) is -0.165. The largest absolute Gasteiger partial charge is 0.390 e. The van der Waals surface area contributed by atoms with Crippen molar-refractivity contribution in [2.45, 2.75) is 45.8 Å². The third-order valence-corrected chi connectivity index (χ3v) is 3.61. The van der Waals surface area contributed by atoms with E-state index in [2.05, 4.69) is 20.4 Å². The lowest BCUT2D eigenvalue weighted by Gasteiger charge is -2.34. The van der Waals surface area contributed by atoms with Gasteiger partial charge in [-0.1, -0.05) is 25.2 Å². The van der Waals surface area contributed by atoms with E-state index in [4.69, 9.17) is 0 Å². The lowest BCUT2D eigenvalue weighted by atomic mass is 9.73. The molecule has 1 N–H and O–H groups in total. The number of azo groups is 1. The highest BCUT2D eigenvalue weighted by Gasteiger charge is 2.40. The zero-order chi connectivity index (χ0) is 13.3. The number of hydrogen-bond acceptors (Lipinski definition) is 7. The van der Waals surface area contributed by atoms with Crippen molar-refractivity contribution in [2.75, 3.05) is 0 Å². The molecule has 1 fully saturated rings. The maximum atomic E-state index is 11.9. The third kappa shape index (κ3) is 2.97. The molecule has 18 heavy (non-hydrogen) atoms. The predicted molar refractivity (Wildman–Crippen MR) is 67.0 cm³/mol. The minimum Gasteiger partial charge on any atom is -0.390 e. The van der Waals surface area contributed by atoms with Crippen molar-refractivity contribution in [1.82, 2.24) is 10.2 Å². The van der Waals surface area contributed by atoms with Gasteiger partial charge in [-0.3, -0.25) is 4.79 Å². The molecule has 0 radical (unpaired) electrons. The summed E-state index contributed by atoms with van der Waals surface area (Å²) in [5.74, 6) is -0.0660. The fourth-order valence-corrected chi connectivity index (χ4v) is 2.64. The second-order valence-corrected chi connectivity index (χ2v) is 6.50. The van der Waals surface area contributed by atoms with Crippen LogP contribution in [0.15, 0.2) is 10.2 Å². The maximum absolute atomic E-state index is 11.9. The van der Waals surface area contributed by atoms with Crippen LogP contribution in [0, 0.1) is 12.3 Å². The summed E-state index contributed by atoms with van der Waals surface area (Å²) in [6.45, 7) is 5.75. The molecule has 0 bridgehead atoms. The predicted octanol–water partition coefficient (Wildman–Crippen LogP) is 2.05. The SMILES string of the molecule is Cc1nnc(N=NC2C(=O)CC(C)(C)CC2O)s1. The van der Waals surface area contributed by atoms with Gasteiger partial charge in [0.15, 0.2) is 11.8 Å². The van der Waals surface area contributed by atoms with Crippen molar-refractivity contribution >= 4 is 22.3 Å². The first-order chi connectivity index (χ1) is 8.37. The second kappa shape index (κ2) is 4.81. The minimum atomic E-state index is -0.765. The number of ketones is 1. The normalized spacial score (nSPS) is 27.9. The first-order valence-corrected chi connectivity index (χ1v) is 6.61. The Morgan fingerprint density at radius 2 is 2.17 bits per heavy atom. The van der Waals surface area contributed by atoms with E-state index in [0.717, 1.165) is 5.01 Å². The Balaban J connectivity index is 2.09. The average Bonchev–Trinajstić information content (AvgIpc) is 2.61. The molecule has 1 heterocycles. The van der Waals surface area contributed by atoms with Crippen molar-refractivity contribution in [3.05, 3.63) is 5.01 Å². The van der Waals surface area contributed by atoms with E-state index in [-0.39, 0.29) is 11.2 Å². The number of Topliss-reactive ketones (excluding diaryl/α,β-unsaturated/α-hetero) is 1. The zero-order valence-electron chi connectivity index (χ0n) is 10.6. The zero-order valence-corrected chi connectivity index (χ0v) is 11.4. The Morgan fingerprint density at radius 3 is 2.72 bits per heavy atom. The van der Waals surface area contributed by atoms with Gasteiger partial charge in [-0.2, -0.15) is 5.11 Å². The van der Waals surface area contributed by atoms with Crippen molar-refractivity contribution in [3.63, 3.8) is 0 Å². The molecule has 6 nitrogen and oxygen atoms in total. The van der Waals surface area contributed by atoms with E-state index in [1.54, 1.807) is 0 Å². The van der Waals surface area contributed by atoms with Crippen LogP contribution < -0.4 is 0 Å². The minimum absolute atomic E-state index is 0.0660. The van der Waals surface area contributed by atoms with Gasteiger partial charge in [0, 0.05) is 6.42 Å². The summed E-state index contributed by atoms with van der Waals surface area (Å²) in [5, 5.41) is 26.6. The molecule has 98 valence electrons. The van der Waals surface area contributed by atoms with Crippen molar-refractivity contribution in [1.29, 1.82) is 0 Å². The number of carbonyl (C=O) groups excluding carboxylic acids is 1. The highest BCUT2D eigenvalue weighted by molar-refractivity contribution is 7.14. The van der Waals surface area contributed by atoms with Crippen LogP contribution in [0.3, 0.4) is 0 Å². The summed E-state index contributed by atoms with van der Waals surface area (Å²) in [6.07, 6.45) is 0.208. The molecule has 1 saturated carbocycles. The van der Waals surface area contributed by atoms with Crippen LogP contribution >= 0.6 is 11.3 Å². The Bertz CT molecular complexity index is 483. The number of aliphatic hydroxyl groups excluding tert-OH is 1. The van der Waals surface area contributed by atoms with E-state index in [1.165, 1.54) is 11.3 Å². The van der Waals surface area contributed by atoms with Gasteiger partial charge in [-0.25, -0.2) is 0 Å². The topological polar surface area (TPSA) is 87.8 Å². The van der Waals surface area contributed by atoms with E-state index < -0.39 is 12.1 Å². The standard InChI is InChI=1S/C11H16N4O2S/c1-6-12-14-10(18-6)15-13-9-7(16)4-11(2,3)5-8(9)17/h7,9,16H,4-5H2,1-3H3. The second-order valence-electron chi connectivity index (χ2n) is 5.34. The van der Waals surface area contributed by atoms with Crippen LogP contribution in [0.4, 0.5) is 5.13 Å². The highest BCUT2D eigenvalue weighted by Crippen LogP contribution is 2.35. The lowest BCUT2D eigenvalue weighted by molar-refractivity contribution is -0.129. The maximum Gasteiger partial charge on any atom is 0.251 e. The van der Waals surface area contributed by atoms with Gasteiger partial charge < -0.3 is 5.11 Å². The van der Waals surface area contributed by atoms with E-state index in [0.29, 0.717) is 18.0 Å². The molecule has 0 aromatic carbocycles. The molecule has 0 aliphatic heterocycles. The number of aliphatic hydroxyl groups is 1. The van der Waals surface area contributed by atoms with E-state index in [1.807, 2.05) is 20.8 Å². The summed E-state index contributed by atoms with van der Waals surface area (Å²) in [7, 11) is 0. The van der Waals surface area contributed by atoms with Gasteiger partial charge in [0.1, 0.15) is 5.01 Å². The number of nitrogens with zero attached hydrogens (tertiary/aromatic N) is 4. The summed E-state index contributed by atoms with van der Waals surface area (Å²) in [6, 6.07) is -0.762. The molecule has 7 heteroatoms. The Kier molecular flexibility index (Phi) is 3.54. The van der Waals surface area contributed by atoms with Gasteiger partial charge in [-0.05, 0) is 18.8 Å². The van der Waals surface area contributed by atoms with E-state index in [9.17, 15) is 9.90 Å². The molecule has 1 aliphatic rings. The van der Waals surface area contributed by atoms with Gasteiger partial charge in [0.25, 0.3) is 5.13 Å².